The minimum Gasteiger partial charge on any atom is -0.401 e. The second-order valence-electron chi connectivity index (χ2n) is 3.57. The molecule has 3 nitrogen and oxygen atoms in total. The number of hydrazine groups is 1. The summed E-state index contributed by atoms with van der Waals surface area (Å²) in [5.74, 6) is 5.63. The van der Waals surface area contributed by atoms with Crippen LogP contribution in [0.4, 0.5) is 4.39 Å². The van der Waals surface area contributed by atoms with Gasteiger partial charge in [0.1, 0.15) is 0 Å². The molecule has 0 saturated heterocycles. The van der Waals surface area contributed by atoms with Gasteiger partial charge in [0, 0.05) is 18.4 Å². The third-order valence-corrected chi connectivity index (χ3v) is 1.92. The normalized spacial score (nSPS) is 11.8. The van der Waals surface area contributed by atoms with Crippen LogP contribution in [0.25, 0.3) is 0 Å². The Morgan fingerprint density at radius 3 is 2.36 bits per heavy atom. The molecule has 0 radical (unpaired) electrons. The van der Waals surface area contributed by atoms with E-state index in [0.717, 1.165) is 32.2 Å². The molecule has 0 amide bonds. The molecule has 0 atom stereocenters. The number of nitrogens with two attached hydrogens (primary N) is 2. The van der Waals surface area contributed by atoms with Crippen molar-refractivity contribution < 1.29 is 4.39 Å². The molecule has 0 heterocycles. The topological polar surface area (TPSA) is 55.3 Å². The summed E-state index contributed by atoms with van der Waals surface area (Å²) in [6.45, 7) is 2.42. The van der Waals surface area contributed by atoms with Crippen LogP contribution in [0.3, 0.4) is 0 Å². The summed E-state index contributed by atoms with van der Waals surface area (Å²) in [6, 6.07) is 0. The van der Waals surface area contributed by atoms with Gasteiger partial charge in [0.05, 0.1) is 6.67 Å². The maximum atomic E-state index is 11.7. The standard InChI is InChI=1S/C10H22FN3/c1-10(12)9-14(13)8-6-4-2-3-5-7-11/h9H,2-8,12-13H2,1H3/b10-9-. The smallest absolute Gasteiger partial charge is 0.0894 e. The quantitative estimate of drug-likeness (QED) is 0.360. The maximum absolute atomic E-state index is 11.7. The van der Waals surface area contributed by atoms with E-state index in [1.807, 2.05) is 0 Å². The fourth-order valence-electron chi connectivity index (χ4n) is 1.25. The van der Waals surface area contributed by atoms with Gasteiger partial charge in [-0.05, 0) is 19.8 Å². The first-order chi connectivity index (χ1) is 6.66. The molecule has 0 aliphatic heterocycles. The average Bonchev–Trinajstić information content (AvgIpc) is 2.10. The van der Waals surface area contributed by atoms with Crippen LogP contribution in [-0.2, 0) is 0 Å². The lowest BCUT2D eigenvalue weighted by Crippen LogP contribution is -2.27. The van der Waals surface area contributed by atoms with Crippen LogP contribution in [0, 0.1) is 0 Å². The van der Waals surface area contributed by atoms with E-state index < -0.39 is 0 Å². The zero-order valence-electron chi connectivity index (χ0n) is 9.01. The van der Waals surface area contributed by atoms with E-state index in [-0.39, 0.29) is 6.67 Å². The number of hydrogen-bond acceptors (Lipinski definition) is 3. The summed E-state index contributed by atoms with van der Waals surface area (Å²) in [4.78, 5) is 0. The molecule has 0 fully saturated rings. The van der Waals surface area contributed by atoms with Crippen LogP contribution in [0.5, 0.6) is 0 Å². The lowest BCUT2D eigenvalue weighted by Gasteiger charge is -2.13. The van der Waals surface area contributed by atoms with Gasteiger partial charge >= 0.3 is 0 Å². The highest BCUT2D eigenvalue weighted by Gasteiger charge is 1.94. The summed E-state index contributed by atoms with van der Waals surface area (Å²) >= 11 is 0. The van der Waals surface area contributed by atoms with Crippen molar-refractivity contribution in [2.45, 2.75) is 39.0 Å². The molecule has 0 bridgehead atoms. The second-order valence-corrected chi connectivity index (χ2v) is 3.57. The van der Waals surface area contributed by atoms with Gasteiger partial charge in [0.15, 0.2) is 0 Å². The van der Waals surface area contributed by atoms with Crippen molar-refractivity contribution in [2.75, 3.05) is 13.2 Å². The van der Waals surface area contributed by atoms with Crippen molar-refractivity contribution in [3.8, 4) is 0 Å². The Bertz CT molecular complexity index is 155. The Kier molecular flexibility index (Phi) is 8.33. The van der Waals surface area contributed by atoms with Crippen molar-refractivity contribution >= 4 is 0 Å². The van der Waals surface area contributed by atoms with Gasteiger partial charge in [0.2, 0.25) is 0 Å². The van der Waals surface area contributed by atoms with E-state index >= 15 is 0 Å². The number of allylic oxidation sites excluding steroid dienone is 1. The number of unbranched alkanes of at least 4 members (excludes halogenated alkanes) is 4. The summed E-state index contributed by atoms with van der Waals surface area (Å²) in [5, 5.41) is 1.60. The van der Waals surface area contributed by atoms with Crippen LogP contribution >= 0.6 is 0 Å². The molecular formula is C10H22FN3. The predicted octanol–water partition coefficient (Wildman–Crippen LogP) is 1.90. The van der Waals surface area contributed by atoms with Crippen LogP contribution in [0.15, 0.2) is 11.9 Å². The first-order valence-corrected chi connectivity index (χ1v) is 5.18. The monoisotopic (exact) mass is 203 g/mol. The molecule has 14 heavy (non-hydrogen) atoms. The lowest BCUT2D eigenvalue weighted by atomic mass is 10.1. The Morgan fingerprint density at radius 2 is 1.79 bits per heavy atom. The van der Waals surface area contributed by atoms with Gasteiger partial charge in [-0.25, -0.2) is 5.84 Å². The molecule has 0 aromatic carbocycles. The second kappa shape index (κ2) is 8.81. The molecule has 0 aliphatic carbocycles. The molecule has 0 saturated carbocycles. The molecule has 84 valence electrons. The third-order valence-electron chi connectivity index (χ3n) is 1.92. The van der Waals surface area contributed by atoms with Crippen molar-refractivity contribution in [2.24, 2.45) is 11.6 Å². The van der Waals surface area contributed by atoms with Crippen molar-refractivity contribution in [1.82, 2.24) is 5.01 Å². The summed E-state index contributed by atoms with van der Waals surface area (Å²) < 4.78 is 11.7. The van der Waals surface area contributed by atoms with Crippen LogP contribution < -0.4 is 11.6 Å². The third kappa shape index (κ3) is 9.32. The van der Waals surface area contributed by atoms with Gasteiger partial charge in [-0.1, -0.05) is 19.3 Å². The van der Waals surface area contributed by atoms with Gasteiger partial charge in [-0.3, -0.25) is 4.39 Å². The first-order valence-electron chi connectivity index (χ1n) is 5.18. The molecule has 0 rings (SSSR count). The SMILES string of the molecule is C/C(N)=C/N(N)CCCCCCCF. The van der Waals surface area contributed by atoms with Gasteiger partial charge in [-0.15, -0.1) is 0 Å². The highest BCUT2D eigenvalue weighted by Crippen LogP contribution is 2.03. The van der Waals surface area contributed by atoms with Crippen LogP contribution in [0.2, 0.25) is 0 Å². The highest BCUT2D eigenvalue weighted by atomic mass is 19.1. The van der Waals surface area contributed by atoms with E-state index in [1.165, 1.54) is 0 Å². The van der Waals surface area contributed by atoms with Crippen LogP contribution in [-0.4, -0.2) is 18.2 Å². The Balaban J connectivity index is 3.23. The Labute approximate surface area is 85.9 Å². The summed E-state index contributed by atoms with van der Waals surface area (Å²) in [7, 11) is 0. The molecular weight excluding hydrogens is 181 g/mol. The van der Waals surface area contributed by atoms with Gasteiger partial charge < -0.3 is 10.7 Å². The van der Waals surface area contributed by atoms with Crippen molar-refractivity contribution in [1.29, 1.82) is 0 Å². The van der Waals surface area contributed by atoms with E-state index in [9.17, 15) is 4.39 Å². The largest absolute Gasteiger partial charge is 0.401 e. The Hall–Kier alpha value is -0.770. The zero-order chi connectivity index (χ0) is 10.8. The summed E-state index contributed by atoms with van der Waals surface area (Å²) in [5.41, 5.74) is 6.17. The first kappa shape index (κ1) is 13.2. The predicted molar refractivity (Wildman–Crippen MR) is 57.9 cm³/mol. The van der Waals surface area contributed by atoms with E-state index in [4.69, 9.17) is 11.6 Å². The number of nitrogens with zero attached hydrogens (tertiary/aromatic N) is 1. The number of rotatable bonds is 8. The fourth-order valence-corrected chi connectivity index (χ4v) is 1.25. The summed E-state index contributed by atoms with van der Waals surface area (Å²) in [6.07, 6.45) is 6.61. The molecule has 0 unspecified atom stereocenters. The minimum atomic E-state index is -0.196. The molecule has 0 spiro atoms. The van der Waals surface area contributed by atoms with Crippen molar-refractivity contribution in [3.05, 3.63) is 11.9 Å². The number of hydrogen-bond donors (Lipinski definition) is 2. The average molecular weight is 203 g/mol. The van der Waals surface area contributed by atoms with Gasteiger partial charge in [0.25, 0.3) is 0 Å². The van der Waals surface area contributed by atoms with Crippen LogP contribution in [0.1, 0.15) is 39.0 Å². The number of halogens is 1. The molecule has 0 aromatic heterocycles. The molecule has 4 N–H and O–H groups in total. The zero-order valence-corrected chi connectivity index (χ0v) is 9.01. The van der Waals surface area contributed by atoms with Crippen molar-refractivity contribution in [3.63, 3.8) is 0 Å². The molecule has 4 heteroatoms. The lowest BCUT2D eigenvalue weighted by molar-refractivity contribution is 0.371. The fraction of sp³-hybridized carbons (Fsp3) is 0.800. The highest BCUT2D eigenvalue weighted by molar-refractivity contribution is 4.89. The van der Waals surface area contributed by atoms with Gasteiger partial charge in [-0.2, -0.15) is 0 Å². The van der Waals surface area contributed by atoms with E-state index in [2.05, 4.69) is 0 Å². The molecule has 0 aromatic rings. The van der Waals surface area contributed by atoms with E-state index in [0.29, 0.717) is 12.1 Å². The van der Waals surface area contributed by atoms with E-state index in [1.54, 1.807) is 18.1 Å². The Morgan fingerprint density at radius 1 is 1.21 bits per heavy atom. The maximum Gasteiger partial charge on any atom is 0.0894 e. The minimum absolute atomic E-state index is 0.196. The molecule has 0 aliphatic rings. The number of alkyl halides is 1.